The molecule has 3 atom stereocenters. The number of alkyl carbamates (subject to hydrolysis) is 1. The van der Waals surface area contributed by atoms with Gasteiger partial charge < -0.3 is 20.2 Å². The van der Waals surface area contributed by atoms with E-state index in [9.17, 15) is 9.59 Å². The van der Waals surface area contributed by atoms with E-state index >= 15 is 0 Å². The van der Waals surface area contributed by atoms with Gasteiger partial charge in [-0.15, -0.1) is 0 Å². The Morgan fingerprint density at radius 1 is 1.42 bits per heavy atom. The fraction of sp³-hybridized carbons (Fsp3) is 0.455. The summed E-state index contributed by atoms with van der Waals surface area (Å²) in [6, 6.07) is 1.51. The van der Waals surface area contributed by atoms with E-state index in [2.05, 4.69) is 15.7 Å². The Morgan fingerprint density at radius 2 is 2.19 bits per heavy atom. The average molecular weight is 430 g/mol. The fourth-order valence-corrected chi connectivity index (χ4v) is 3.14. The van der Waals surface area contributed by atoms with E-state index in [1.807, 2.05) is 45.2 Å². The Bertz CT molecular complexity index is 919. The Hall–Kier alpha value is -3.04. The number of hydrogen-bond acceptors (Lipinski definition) is 7. The average Bonchev–Trinajstić information content (AvgIpc) is 2.77. The standard InChI is InChI=1S/C22H31N5O4/c1-15(24-3)12-19(14-23)27-9-8-20(28)21(26-27)16(2)17-6-5-7-18(13-17)25-22(29)31-11-10-30-4/h5-9,12,14-17,23-24H,10-11,13H2,1-4H3,(H,25,29)/b19-12+,23-14?/t15-,16?,17?/m1/s1. The third-order valence-corrected chi connectivity index (χ3v) is 5.09. The Labute approximate surface area is 182 Å². The van der Waals surface area contributed by atoms with Crippen LogP contribution in [0.3, 0.4) is 0 Å². The van der Waals surface area contributed by atoms with Gasteiger partial charge in [0.05, 0.1) is 12.3 Å². The maximum atomic E-state index is 12.5. The van der Waals surface area contributed by atoms with Crippen LogP contribution in [0.4, 0.5) is 4.79 Å². The van der Waals surface area contributed by atoms with E-state index in [4.69, 9.17) is 14.9 Å². The van der Waals surface area contributed by atoms with E-state index < -0.39 is 6.09 Å². The van der Waals surface area contributed by atoms with Crippen molar-refractivity contribution < 1.29 is 14.3 Å². The SMILES string of the molecule is CN[C@H](C)/C=C(\C=N)n1ccc(=O)c(C(C)C2C=CC=C(NC(=O)OCCOC)C2)n1. The van der Waals surface area contributed by atoms with Crippen LogP contribution in [0.5, 0.6) is 0 Å². The molecular formula is C22H31N5O4. The molecule has 1 aromatic heterocycles. The molecule has 1 aliphatic carbocycles. The van der Waals surface area contributed by atoms with Gasteiger partial charge in [0, 0.05) is 43.2 Å². The Balaban J connectivity index is 2.15. The predicted molar refractivity (Wildman–Crippen MR) is 120 cm³/mol. The van der Waals surface area contributed by atoms with E-state index in [0.29, 0.717) is 30.1 Å². The van der Waals surface area contributed by atoms with E-state index in [-0.39, 0.29) is 29.9 Å². The molecule has 1 heterocycles. The van der Waals surface area contributed by atoms with Crippen LogP contribution in [0.15, 0.2) is 47.1 Å². The van der Waals surface area contributed by atoms with Crippen molar-refractivity contribution in [2.24, 2.45) is 5.92 Å². The van der Waals surface area contributed by atoms with E-state index in [1.165, 1.54) is 19.4 Å². The summed E-state index contributed by atoms with van der Waals surface area (Å²) in [7, 11) is 3.37. The molecule has 0 saturated carbocycles. The number of likely N-dealkylation sites (N-methyl/N-ethyl adjacent to an activating group) is 1. The first-order valence-electron chi connectivity index (χ1n) is 10.2. The van der Waals surface area contributed by atoms with E-state index in [1.54, 1.807) is 10.9 Å². The molecule has 1 amide bonds. The molecule has 0 aromatic carbocycles. The summed E-state index contributed by atoms with van der Waals surface area (Å²) in [4.78, 5) is 24.4. The Kier molecular flexibility index (Phi) is 9.36. The number of hydrogen-bond donors (Lipinski definition) is 3. The minimum absolute atomic E-state index is 0.0287. The van der Waals surface area contributed by atoms with Crippen LogP contribution in [0.2, 0.25) is 0 Å². The van der Waals surface area contributed by atoms with Crippen molar-refractivity contribution >= 4 is 18.0 Å². The molecule has 9 nitrogen and oxygen atoms in total. The zero-order valence-corrected chi connectivity index (χ0v) is 18.4. The molecule has 0 spiro atoms. The topological polar surface area (TPSA) is 118 Å². The maximum absolute atomic E-state index is 12.5. The molecule has 2 rings (SSSR count). The molecular weight excluding hydrogens is 398 g/mol. The first kappa shape index (κ1) is 24.2. The largest absolute Gasteiger partial charge is 0.447 e. The molecule has 0 bridgehead atoms. The number of ether oxygens (including phenoxy) is 2. The molecule has 0 radical (unpaired) electrons. The minimum atomic E-state index is -0.537. The summed E-state index contributed by atoms with van der Waals surface area (Å²) in [5.74, 6) is -0.223. The van der Waals surface area contributed by atoms with Gasteiger partial charge in [-0.2, -0.15) is 5.10 Å². The predicted octanol–water partition coefficient (Wildman–Crippen LogP) is 2.28. The maximum Gasteiger partial charge on any atom is 0.411 e. The first-order valence-corrected chi connectivity index (χ1v) is 10.2. The van der Waals surface area contributed by atoms with Crippen LogP contribution in [-0.2, 0) is 9.47 Å². The van der Waals surface area contributed by atoms with Crippen LogP contribution in [0.1, 0.15) is 31.9 Å². The molecule has 0 saturated heterocycles. The molecule has 31 heavy (non-hydrogen) atoms. The van der Waals surface area contributed by atoms with Gasteiger partial charge in [0.2, 0.25) is 5.43 Å². The molecule has 168 valence electrons. The van der Waals surface area contributed by atoms with Crippen molar-refractivity contribution in [3.63, 3.8) is 0 Å². The summed E-state index contributed by atoms with van der Waals surface area (Å²) in [6.45, 7) is 4.40. The highest BCUT2D eigenvalue weighted by Gasteiger charge is 2.24. The van der Waals surface area contributed by atoms with Gasteiger partial charge >= 0.3 is 6.09 Å². The third-order valence-electron chi connectivity index (χ3n) is 5.09. The minimum Gasteiger partial charge on any atom is -0.447 e. The highest BCUT2D eigenvalue weighted by molar-refractivity contribution is 6.00. The van der Waals surface area contributed by atoms with Gasteiger partial charge in [0.1, 0.15) is 12.3 Å². The Morgan fingerprint density at radius 3 is 2.87 bits per heavy atom. The highest BCUT2D eigenvalue weighted by atomic mass is 16.6. The van der Waals surface area contributed by atoms with Gasteiger partial charge in [-0.1, -0.05) is 19.1 Å². The molecule has 9 heteroatoms. The number of nitrogens with one attached hydrogen (secondary N) is 3. The van der Waals surface area contributed by atoms with Crippen LogP contribution in [0, 0.1) is 11.3 Å². The molecule has 2 unspecified atom stereocenters. The van der Waals surface area contributed by atoms with Crippen molar-refractivity contribution in [3.05, 3.63) is 58.2 Å². The van der Waals surface area contributed by atoms with Gasteiger partial charge in [0.25, 0.3) is 0 Å². The normalized spacial score (nSPS) is 18.1. The lowest BCUT2D eigenvalue weighted by Crippen LogP contribution is -2.29. The molecule has 0 aliphatic heterocycles. The molecule has 0 fully saturated rings. The van der Waals surface area contributed by atoms with Gasteiger partial charge in [-0.3, -0.25) is 10.1 Å². The number of nitrogens with zero attached hydrogens (tertiary/aromatic N) is 2. The number of rotatable bonds is 10. The lowest BCUT2D eigenvalue weighted by Gasteiger charge is -2.24. The van der Waals surface area contributed by atoms with Crippen LogP contribution in [0.25, 0.3) is 5.70 Å². The van der Waals surface area contributed by atoms with Crippen molar-refractivity contribution in [3.8, 4) is 0 Å². The summed E-state index contributed by atoms with van der Waals surface area (Å²) in [5, 5.41) is 18.1. The van der Waals surface area contributed by atoms with Crippen LogP contribution >= 0.6 is 0 Å². The number of amides is 1. The highest BCUT2D eigenvalue weighted by Crippen LogP contribution is 2.29. The third kappa shape index (κ3) is 7.01. The zero-order chi connectivity index (χ0) is 22.8. The van der Waals surface area contributed by atoms with Crippen molar-refractivity contribution in [2.75, 3.05) is 27.4 Å². The summed E-state index contributed by atoms with van der Waals surface area (Å²) in [5.41, 5.74) is 1.52. The molecule has 1 aliphatic rings. The monoisotopic (exact) mass is 429 g/mol. The molecule has 1 aromatic rings. The number of allylic oxidation sites excluding steroid dienone is 5. The van der Waals surface area contributed by atoms with Gasteiger partial charge in [-0.05, 0) is 38.5 Å². The van der Waals surface area contributed by atoms with Crippen LogP contribution < -0.4 is 16.1 Å². The second kappa shape index (κ2) is 12.0. The quantitative estimate of drug-likeness (QED) is 0.388. The number of methoxy groups -OCH3 is 1. The summed E-state index contributed by atoms with van der Waals surface area (Å²) in [6.07, 6.45) is 10.3. The number of carbonyl (C=O) groups is 1. The van der Waals surface area contributed by atoms with Crippen molar-refractivity contribution in [1.82, 2.24) is 20.4 Å². The summed E-state index contributed by atoms with van der Waals surface area (Å²) >= 11 is 0. The summed E-state index contributed by atoms with van der Waals surface area (Å²) < 4.78 is 11.4. The zero-order valence-electron chi connectivity index (χ0n) is 18.4. The smallest absolute Gasteiger partial charge is 0.411 e. The van der Waals surface area contributed by atoms with Crippen molar-refractivity contribution in [2.45, 2.75) is 32.2 Å². The molecule has 3 N–H and O–H groups in total. The van der Waals surface area contributed by atoms with Crippen LogP contribution in [-0.4, -0.2) is 55.5 Å². The lowest BCUT2D eigenvalue weighted by molar-refractivity contribution is 0.0999. The van der Waals surface area contributed by atoms with Gasteiger partial charge in [-0.25, -0.2) is 9.48 Å². The second-order valence-electron chi connectivity index (χ2n) is 7.31. The number of carbonyl (C=O) groups excluding carboxylic acids is 1. The lowest BCUT2D eigenvalue weighted by atomic mass is 9.84. The van der Waals surface area contributed by atoms with E-state index in [0.717, 1.165) is 0 Å². The number of aromatic nitrogens is 2. The second-order valence-corrected chi connectivity index (χ2v) is 7.31. The first-order chi connectivity index (χ1) is 14.9. The van der Waals surface area contributed by atoms with Gasteiger partial charge in [0.15, 0.2) is 0 Å². The van der Waals surface area contributed by atoms with Crippen molar-refractivity contribution in [1.29, 1.82) is 5.41 Å². The fourth-order valence-electron chi connectivity index (χ4n) is 3.14.